The zero-order chi connectivity index (χ0) is 22.6. The fourth-order valence-electron chi connectivity index (χ4n) is 3.88. The summed E-state index contributed by atoms with van der Waals surface area (Å²) in [6, 6.07) is 7.49. The predicted octanol–water partition coefficient (Wildman–Crippen LogP) is 5.55. The molecule has 0 saturated carbocycles. The minimum atomic E-state index is -0.318. The van der Waals surface area contributed by atoms with E-state index in [1.807, 2.05) is 45.0 Å². The van der Waals surface area contributed by atoms with Crippen molar-refractivity contribution in [3.63, 3.8) is 0 Å². The molecule has 3 aromatic heterocycles. The van der Waals surface area contributed by atoms with Gasteiger partial charge in [0.05, 0.1) is 12.1 Å². The van der Waals surface area contributed by atoms with Crippen molar-refractivity contribution in [3.05, 3.63) is 74.3 Å². The van der Waals surface area contributed by atoms with Crippen molar-refractivity contribution >= 4 is 28.6 Å². The normalized spacial score (nSPS) is 15.5. The molecule has 1 aliphatic rings. The minimum Gasteiger partial charge on any atom is -0.425 e. The molecule has 4 heterocycles. The summed E-state index contributed by atoms with van der Waals surface area (Å²) in [5, 5.41) is 19.1. The first-order chi connectivity index (χ1) is 15.3. The number of hydrogen-bond acceptors (Lipinski definition) is 7. The molecule has 0 amide bonds. The number of aromatic nitrogens is 5. The summed E-state index contributed by atoms with van der Waals surface area (Å²) < 4.78 is 8.03. The quantitative estimate of drug-likeness (QED) is 0.394. The first kappa shape index (κ1) is 21.0. The van der Waals surface area contributed by atoms with Gasteiger partial charge in [0, 0.05) is 26.9 Å². The Morgan fingerprint density at radius 2 is 1.81 bits per heavy atom. The molecule has 0 N–H and O–H groups in total. The number of aryl methyl sites for hydroxylation is 2. The van der Waals surface area contributed by atoms with Gasteiger partial charge in [-0.05, 0) is 38.5 Å². The van der Waals surface area contributed by atoms with Crippen LogP contribution in [0.25, 0.3) is 5.00 Å². The number of aliphatic imine (C=N–C) groups is 1. The van der Waals surface area contributed by atoms with Crippen LogP contribution in [-0.2, 0) is 6.42 Å². The van der Waals surface area contributed by atoms with E-state index in [1.54, 1.807) is 11.3 Å². The van der Waals surface area contributed by atoms with Gasteiger partial charge in [-0.1, -0.05) is 37.6 Å². The number of fused-ring (bicyclic) bond motifs is 3. The molecule has 0 spiro atoms. The number of hydrogen-bond donors (Lipinski definition) is 0. The highest BCUT2D eigenvalue weighted by Crippen LogP contribution is 2.39. The second-order valence-electron chi connectivity index (χ2n) is 8.30. The third-order valence-electron chi connectivity index (χ3n) is 5.70. The molecule has 1 aliphatic heterocycles. The number of nitrogens with zero attached hydrogens (tertiary/aromatic N) is 6. The SMILES string of the molecule is Cc1sc2c(c1C)C(c1ccc(Cl)cc1)=NC(Cc1nnc(C(C)C)o1)c1nnc(C)n1-2. The lowest BCUT2D eigenvalue weighted by Gasteiger charge is -2.11. The van der Waals surface area contributed by atoms with Gasteiger partial charge in [-0.3, -0.25) is 9.56 Å². The van der Waals surface area contributed by atoms with Gasteiger partial charge in [-0.2, -0.15) is 0 Å². The smallest absolute Gasteiger partial charge is 0.219 e. The third-order valence-corrected chi connectivity index (χ3v) is 7.15. The van der Waals surface area contributed by atoms with Crippen LogP contribution in [0.5, 0.6) is 0 Å². The van der Waals surface area contributed by atoms with E-state index in [9.17, 15) is 0 Å². The maximum atomic E-state index is 6.17. The van der Waals surface area contributed by atoms with Gasteiger partial charge in [0.25, 0.3) is 0 Å². The Labute approximate surface area is 195 Å². The van der Waals surface area contributed by atoms with E-state index in [-0.39, 0.29) is 12.0 Å². The van der Waals surface area contributed by atoms with Gasteiger partial charge in [-0.25, -0.2) is 0 Å². The van der Waals surface area contributed by atoms with E-state index in [0.717, 1.165) is 33.5 Å². The zero-order valence-electron chi connectivity index (χ0n) is 18.5. The van der Waals surface area contributed by atoms with Gasteiger partial charge < -0.3 is 4.42 Å². The Morgan fingerprint density at radius 3 is 2.50 bits per heavy atom. The van der Waals surface area contributed by atoms with Crippen LogP contribution in [0, 0.1) is 20.8 Å². The van der Waals surface area contributed by atoms with Crippen LogP contribution in [0.3, 0.4) is 0 Å². The average molecular weight is 467 g/mol. The second-order valence-corrected chi connectivity index (χ2v) is 9.94. The summed E-state index contributed by atoms with van der Waals surface area (Å²) in [5.74, 6) is 2.94. The van der Waals surface area contributed by atoms with Crippen molar-refractivity contribution in [1.82, 2.24) is 25.0 Å². The fourth-order valence-corrected chi connectivity index (χ4v) is 5.22. The van der Waals surface area contributed by atoms with Gasteiger partial charge in [0.1, 0.15) is 16.9 Å². The van der Waals surface area contributed by atoms with E-state index in [1.165, 1.54) is 10.4 Å². The van der Waals surface area contributed by atoms with E-state index in [0.29, 0.717) is 23.2 Å². The summed E-state index contributed by atoms with van der Waals surface area (Å²) in [6.45, 7) is 10.3. The lowest BCUT2D eigenvalue weighted by Crippen LogP contribution is -2.09. The van der Waals surface area contributed by atoms with Crippen molar-refractivity contribution in [2.45, 2.75) is 53.0 Å². The minimum absolute atomic E-state index is 0.169. The molecular formula is C23H23ClN6OS. The van der Waals surface area contributed by atoms with E-state index in [2.05, 4.69) is 38.8 Å². The molecule has 0 radical (unpaired) electrons. The van der Waals surface area contributed by atoms with Crippen molar-refractivity contribution in [2.75, 3.05) is 0 Å². The van der Waals surface area contributed by atoms with Crippen LogP contribution in [0.2, 0.25) is 5.02 Å². The molecule has 32 heavy (non-hydrogen) atoms. The zero-order valence-corrected chi connectivity index (χ0v) is 20.1. The van der Waals surface area contributed by atoms with Crippen LogP contribution in [-0.4, -0.2) is 30.7 Å². The first-order valence-electron chi connectivity index (χ1n) is 10.5. The largest absolute Gasteiger partial charge is 0.425 e. The van der Waals surface area contributed by atoms with Crippen molar-refractivity contribution < 1.29 is 4.42 Å². The standard InChI is InChI=1S/C23H23ClN6OS/c1-11(2)22-29-27-18(31-22)10-17-21-28-26-14(5)30(21)23-19(12(3)13(4)32-23)20(25-17)15-6-8-16(24)9-7-15/h6-9,11,17H,10H2,1-5H3. The molecule has 7 nitrogen and oxygen atoms in total. The summed E-state index contributed by atoms with van der Waals surface area (Å²) in [5.41, 5.74) is 4.23. The summed E-state index contributed by atoms with van der Waals surface area (Å²) in [6.07, 6.45) is 0.446. The summed E-state index contributed by atoms with van der Waals surface area (Å²) in [7, 11) is 0. The van der Waals surface area contributed by atoms with Crippen LogP contribution >= 0.6 is 22.9 Å². The highest BCUT2D eigenvalue weighted by atomic mass is 35.5. The average Bonchev–Trinajstić information content (AvgIpc) is 3.42. The Hall–Kier alpha value is -2.84. The molecule has 0 saturated heterocycles. The molecule has 4 aromatic rings. The molecule has 164 valence electrons. The van der Waals surface area contributed by atoms with Crippen molar-refractivity contribution in [2.24, 2.45) is 4.99 Å². The topological polar surface area (TPSA) is 82.0 Å². The lowest BCUT2D eigenvalue weighted by atomic mass is 9.99. The van der Waals surface area contributed by atoms with Crippen LogP contribution in [0.15, 0.2) is 33.7 Å². The van der Waals surface area contributed by atoms with Gasteiger partial charge >= 0.3 is 0 Å². The maximum Gasteiger partial charge on any atom is 0.219 e. The molecule has 0 fully saturated rings. The molecule has 1 atom stereocenters. The van der Waals surface area contributed by atoms with Crippen LogP contribution < -0.4 is 0 Å². The van der Waals surface area contributed by atoms with Crippen molar-refractivity contribution in [3.8, 4) is 5.00 Å². The predicted molar refractivity (Wildman–Crippen MR) is 125 cm³/mol. The highest BCUT2D eigenvalue weighted by molar-refractivity contribution is 7.15. The first-order valence-corrected chi connectivity index (χ1v) is 11.7. The Balaban J connectivity index is 1.71. The van der Waals surface area contributed by atoms with E-state index in [4.69, 9.17) is 21.0 Å². The molecule has 0 bridgehead atoms. The van der Waals surface area contributed by atoms with Crippen LogP contribution in [0.4, 0.5) is 0 Å². The summed E-state index contributed by atoms with van der Waals surface area (Å²) in [4.78, 5) is 6.47. The molecule has 1 aromatic carbocycles. The number of rotatable bonds is 4. The second kappa shape index (κ2) is 7.94. The Bertz CT molecular complexity index is 1330. The summed E-state index contributed by atoms with van der Waals surface area (Å²) >= 11 is 7.90. The molecular weight excluding hydrogens is 444 g/mol. The van der Waals surface area contributed by atoms with E-state index >= 15 is 0 Å². The van der Waals surface area contributed by atoms with Crippen LogP contribution in [0.1, 0.15) is 70.8 Å². The van der Waals surface area contributed by atoms with Crippen molar-refractivity contribution in [1.29, 1.82) is 0 Å². The fraction of sp³-hybridized carbons (Fsp3) is 0.348. The number of halogens is 1. The van der Waals surface area contributed by atoms with Gasteiger partial charge in [0.15, 0.2) is 5.82 Å². The maximum absolute atomic E-state index is 6.17. The van der Waals surface area contributed by atoms with E-state index < -0.39 is 0 Å². The highest BCUT2D eigenvalue weighted by Gasteiger charge is 2.32. The molecule has 9 heteroatoms. The third kappa shape index (κ3) is 3.47. The Kier molecular flexibility index (Phi) is 5.22. The monoisotopic (exact) mass is 466 g/mol. The molecule has 5 rings (SSSR count). The van der Waals surface area contributed by atoms with Gasteiger partial charge in [0.2, 0.25) is 11.8 Å². The molecule has 1 unspecified atom stereocenters. The number of thiophene rings is 1. The Morgan fingerprint density at radius 1 is 1.06 bits per heavy atom. The van der Waals surface area contributed by atoms with Gasteiger partial charge in [-0.15, -0.1) is 31.7 Å². The lowest BCUT2D eigenvalue weighted by molar-refractivity contribution is 0.418. The molecule has 0 aliphatic carbocycles. The number of benzene rings is 1.